The largest absolute Gasteiger partial charge is 0.256 e. The molecule has 19 heavy (non-hydrogen) atoms. The molecular weight excluding hydrogens is 250 g/mol. The molecule has 0 saturated heterocycles. The van der Waals surface area contributed by atoms with Gasteiger partial charge in [-0.3, -0.25) is 4.98 Å². The number of aromatic nitrogens is 1. The topological polar surface area (TPSA) is 12.9 Å². The number of benzene rings is 2. The zero-order chi connectivity index (χ0) is 12.7. The van der Waals surface area contributed by atoms with Crippen molar-refractivity contribution in [1.82, 2.24) is 4.98 Å². The minimum absolute atomic E-state index is 1.03. The molecule has 1 radical (unpaired) electrons. The Hall–Kier alpha value is -2.19. The van der Waals surface area contributed by atoms with Crippen molar-refractivity contribution in [2.75, 3.05) is 0 Å². The lowest BCUT2D eigenvalue weighted by Crippen LogP contribution is -1.81. The van der Waals surface area contributed by atoms with Crippen molar-refractivity contribution in [1.29, 1.82) is 0 Å². The van der Waals surface area contributed by atoms with E-state index in [0.717, 1.165) is 5.69 Å². The number of rotatable bonds is 1. The molecule has 0 amide bonds. The van der Waals surface area contributed by atoms with Crippen LogP contribution in [0.25, 0.3) is 31.4 Å². The maximum atomic E-state index is 4.47. The first-order valence-corrected chi connectivity index (χ1v) is 6.98. The number of hydrogen-bond acceptors (Lipinski definition) is 2. The van der Waals surface area contributed by atoms with Crippen LogP contribution in [0.1, 0.15) is 0 Å². The first-order valence-electron chi connectivity index (χ1n) is 6.17. The Morgan fingerprint density at radius 1 is 0.947 bits per heavy atom. The first kappa shape index (κ1) is 10.7. The van der Waals surface area contributed by atoms with Crippen molar-refractivity contribution in [3.63, 3.8) is 0 Å². The fourth-order valence-corrected chi connectivity index (χ4v) is 3.59. The fourth-order valence-electron chi connectivity index (χ4n) is 2.39. The average Bonchev–Trinajstić information content (AvgIpc) is 2.87. The quantitative estimate of drug-likeness (QED) is 0.473. The molecule has 0 fully saturated rings. The predicted octanol–water partition coefficient (Wildman–Crippen LogP) is 4.92. The van der Waals surface area contributed by atoms with Crippen molar-refractivity contribution in [3.05, 3.63) is 66.9 Å². The molecule has 1 nitrogen and oxygen atoms in total. The summed E-state index contributed by atoms with van der Waals surface area (Å²) in [6, 6.07) is 21.9. The maximum Gasteiger partial charge on any atom is 0.0716 e. The molecule has 2 aromatic heterocycles. The highest BCUT2D eigenvalue weighted by molar-refractivity contribution is 7.26. The SMILES string of the molecule is [c]1cccc2sc3c(-c4ccccn4)cccc3c12. The van der Waals surface area contributed by atoms with Crippen LogP contribution in [-0.2, 0) is 0 Å². The van der Waals surface area contributed by atoms with E-state index < -0.39 is 0 Å². The average molecular weight is 260 g/mol. The molecule has 0 unspecified atom stereocenters. The summed E-state index contributed by atoms with van der Waals surface area (Å²) in [6.45, 7) is 0. The minimum Gasteiger partial charge on any atom is -0.256 e. The second-order valence-electron chi connectivity index (χ2n) is 4.41. The number of fused-ring (bicyclic) bond motifs is 3. The molecule has 0 spiro atoms. The lowest BCUT2D eigenvalue weighted by Gasteiger charge is -2.01. The van der Waals surface area contributed by atoms with Crippen molar-refractivity contribution in [2.24, 2.45) is 0 Å². The summed E-state index contributed by atoms with van der Waals surface area (Å²) in [6.07, 6.45) is 1.84. The standard InChI is InChI=1S/C17H10NS/c1-2-10-16-12(6-1)13-7-5-8-14(17(13)19-16)15-9-3-4-11-18-15/h1-5,7-11H. The zero-order valence-corrected chi connectivity index (χ0v) is 10.9. The molecule has 0 aliphatic rings. The van der Waals surface area contributed by atoms with Gasteiger partial charge in [0.25, 0.3) is 0 Å². The van der Waals surface area contributed by atoms with Crippen molar-refractivity contribution < 1.29 is 0 Å². The van der Waals surface area contributed by atoms with E-state index in [4.69, 9.17) is 0 Å². The van der Waals surface area contributed by atoms with Crippen LogP contribution in [0, 0.1) is 6.07 Å². The van der Waals surface area contributed by atoms with Crippen LogP contribution in [-0.4, -0.2) is 4.98 Å². The van der Waals surface area contributed by atoms with Gasteiger partial charge in [-0.2, -0.15) is 0 Å². The number of hydrogen-bond donors (Lipinski definition) is 0. The lowest BCUT2D eigenvalue weighted by atomic mass is 10.1. The summed E-state index contributed by atoms with van der Waals surface area (Å²) in [5, 5.41) is 2.48. The van der Waals surface area contributed by atoms with Gasteiger partial charge in [0.05, 0.1) is 5.69 Å². The Kier molecular flexibility index (Phi) is 2.35. The molecule has 0 aliphatic carbocycles. The van der Waals surface area contributed by atoms with Crippen LogP contribution < -0.4 is 0 Å². The van der Waals surface area contributed by atoms with Crippen LogP contribution in [0.15, 0.2) is 60.8 Å². The lowest BCUT2D eigenvalue weighted by molar-refractivity contribution is 1.33. The van der Waals surface area contributed by atoms with Gasteiger partial charge >= 0.3 is 0 Å². The predicted molar refractivity (Wildman–Crippen MR) is 81.4 cm³/mol. The number of thiophene rings is 1. The molecule has 2 heteroatoms. The van der Waals surface area contributed by atoms with Gasteiger partial charge in [0.1, 0.15) is 0 Å². The first-order chi connectivity index (χ1) is 9.43. The van der Waals surface area contributed by atoms with Crippen molar-refractivity contribution in [3.8, 4) is 11.3 Å². The third-order valence-electron chi connectivity index (χ3n) is 3.26. The van der Waals surface area contributed by atoms with Crippen LogP contribution in [0.4, 0.5) is 0 Å². The summed E-state index contributed by atoms with van der Waals surface area (Å²) < 4.78 is 2.57. The normalized spacial score (nSPS) is 11.2. The number of pyridine rings is 1. The Balaban J connectivity index is 2.13. The molecule has 4 aromatic rings. The molecular formula is C17H10NS. The molecule has 0 aliphatic heterocycles. The Morgan fingerprint density at radius 3 is 2.84 bits per heavy atom. The molecule has 0 atom stereocenters. The summed E-state index contributed by atoms with van der Waals surface area (Å²) in [7, 11) is 0. The summed E-state index contributed by atoms with van der Waals surface area (Å²) >= 11 is 1.81. The van der Waals surface area contributed by atoms with Gasteiger partial charge < -0.3 is 0 Å². The highest BCUT2D eigenvalue weighted by Crippen LogP contribution is 2.38. The Morgan fingerprint density at radius 2 is 1.95 bits per heavy atom. The van der Waals surface area contributed by atoms with Crippen LogP contribution >= 0.6 is 11.3 Å². The molecule has 0 bridgehead atoms. The fraction of sp³-hybridized carbons (Fsp3) is 0. The van der Waals surface area contributed by atoms with Crippen LogP contribution in [0.2, 0.25) is 0 Å². The zero-order valence-electron chi connectivity index (χ0n) is 10.1. The van der Waals surface area contributed by atoms with Crippen molar-refractivity contribution >= 4 is 31.5 Å². The van der Waals surface area contributed by atoms with E-state index in [1.165, 1.54) is 25.7 Å². The molecule has 0 saturated carbocycles. The van der Waals surface area contributed by atoms with E-state index >= 15 is 0 Å². The van der Waals surface area contributed by atoms with E-state index in [1.807, 2.05) is 41.8 Å². The third-order valence-corrected chi connectivity index (χ3v) is 4.46. The molecule has 4 rings (SSSR count). The van der Waals surface area contributed by atoms with Gasteiger partial charge in [-0.15, -0.1) is 11.3 Å². The van der Waals surface area contributed by atoms with E-state index in [2.05, 4.69) is 41.4 Å². The van der Waals surface area contributed by atoms with Crippen molar-refractivity contribution in [2.45, 2.75) is 0 Å². The Bertz CT molecular complexity index is 862. The van der Waals surface area contributed by atoms with Gasteiger partial charge in [0.15, 0.2) is 0 Å². The summed E-state index contributed by atoms with van der Waals surface area (Å²) in [4.78, 5) is 4.47. The van der Waals surface area contributed by atoms with Gasteiger partial charge in [-0.25, -0.2) is 0 Å². The molecule has 2 aromatic carbocycles. The smallest absolute Gasteiger partial charge is 0.0716 e. The van der Waals surface area contributed by atoms with Crippen LogP contribution in [0.3, 0.4) is 0 Å². The number of nitrogens with zero attached hydrogens (tertiary/aromatic N) is 1. The molecule has 89 valence electrons. The summed E-state index contributed by atoms with van der Waals surface area (Å²) in [5.74, 6) is 0. The van der Waals surface area contributed by atoms with Gasteiger partial charge in [0.2, 0.25) is 0 Å². The van der Waals surface area contributed by atoms with Gasteiger partial charge in [-0.05, 0) is 24.3 Å². The molecule has 2 heterocycles. The van der Waals surface area contributed by atoms with Gasteiger partial charge in [-0.1, -0.05) is 36.4 Å². The summed E-state index contributed by atoms with van der Waals surface area (Å²) in [5.41, 5.74) is 2.23. The van der Waals surface area contributed by atoms with E-state index in [9.17, 15) is 0 Å². The minimum atomic E-state index is 1.03. The van der Waals surface area contributed by atoms with Gasteiger partial charge in [0, 0.05) is 31.9 Å². The van der Waals surface area contributed by atoms with E-state index in [1.54, 1.807) is 0 Å². The second-order valence-corrected chi connectivity index (χ2v) is 5.46. The highest BCUT2D eigenvalue weighted by Gasteiger charge is 2.10. The highest BCUT2D eigenvalue weighted by atomic mass is 32.1. The van der Waals surface area contributed by atoms with E-state index in [-0.39, 0.29) is 0 Å². The maximum absolute atomic E-state index is 4.47. The van der Waals surface area contributed by atoms with E-state index in [0.29, 0.717) is 0 Å². The molecule has 0 N–H and O–H groups in total. The second kappa shape index (κ2) is 4.18. The third kappa shape index (κ3) is 1.65. The monoisotopic (exact) mass is 260 g/mol. The van der Waals surface area contributed by atoms with Crippen LogP contribution in [0.5, 0.6) is 0 Å². The Labute approximate surface area is 115 Å².